The number of hydrogen-bond acceptors (Lipinski definition) is 5. The van der Waals surface area contributed by atoms with Gasteiger partial charge in [0.2, 0.25) is 0 Å². The molecule has 0 aliphatic heterocycles. The Labute approximate surface area is 163 Å². The van der Waals surface area contributed by atoms with Gasteiger partial charge in [-0.15, -0.1) is 0 Å². The molecule has 0 radical (unpaired) electrons. The average molecular weight is 383 g/mol. The second kappa shape index (κ2) is 7.94. The molecule has 6 heteroatoms. The highest BCUT2D eigenvalue weighted by Crippen LogP contribution is 2.33. The first-order chi connectivity index (χ1) is 13.4. The van der Waals surface area contributed by atoms with Crippen LogP contribution in [-0.2, 0) is 7.05 Å². The molecule has 0 aliphatic carbocycles. The second-order valence-electron chi connectivity index (χ2n) is 6.69. The number of aromatic nitrogens is 1. The van der Waals surface area contributed by atoms with Crippen molar-refractivity contribution in [3.8, 4) is 28.5 Å². The molecule has 2 aromatic carbocycles. The van der Waals surface area contributed by atoms with Crippen LogP contribution in [0.4, 0.5) is 0 Å². The van der Waals surface area contributed by atoms with Crippen LogP contribution in [-0.4, -0.2) is 37.1 Å². The Hall–Kier alpha value is -2.99. The zero-order valence-corrected chi connectivity index (χ0v) is 16.8. The summed E-state index contributed by atoms with van der Waals surface area (Å²) in [6.07, 6.45) is 0. The van der Waals surface area contributed by atoms with Crippen molar-refractivity contribution < 1.29 is 19.3 Å². The lowest BCUT2D eigenvalue weighted by atomic mass is 10.0. The molecule has 0 unspecified atom stereocenters. The molecule has 3 aromatic rings. The quantitative estimate of drug-likeness (QED) is 0.708. The fraction of sp³-hybridized carbons (Fsp3) is 0.318. The summed E-state index contributed by atoms with van der Waals surface area (Å²) >= 11 is 0. The molecule has 148 valence electrons. The first-order valence-corrected chi connectivity index (χ1v) is 9.02. The summed E-state index contributed by atoms with van der Waals surface area (Å²) in [5.41, 5.74) is 4.20. The Balaban J connectivity index is 2.25. The molecule has 0 bridgehead atoms. The van der Waals surface area contributed by atoms with Gasteiger partial charge in [-0.2, -0.15) is 0 Å². The van der Waals surface area contributed by atoms with Crippen LogP contribution in [0.3, 0.4) is 0 Å². The minimum absolute atomic E-state index is 0.0382. The van der Waals surface area contributed by atoms with Crippen LogP contribution in [0.15, 0.2) is 35.1 Å². The summed E-state index contributed by atoms with van der Waals surface area (Å²) in [5.74, 6) is 1.87. The van der Waals surface area contributed by atoms with Gasteiger partial charge < -0.3 is 23.9 Å². The number of benzene rings is 2. The van der Waals surface area contributed by atoms with Crippen molar-refractivity contribution in [1.29, 1.82) is 0 Å². The Morgan fingerprint density at radius 3 is 2.25 bits per heavy atom. The fourth-order valence-corrected chi connectivity index (χ4v) is 3.54. The van der Waals surface area contributed by atoms with E-state index in [9.17, 15) is 4.79 Å². The molecule has 0 saturated carbocycles. The topological polar surface area (TPSA) is 69.9 Å². The van der Waals surface area contributed by atoms with Crippen LogP contribution in [0.5, 0.6) is 17.2 Å². The van der Waals surface area contributed by atoms with Gasteiger partial charge in [0.15, 0.2) is 5.43 Å². The summed E-state index contributed by atoms with van der Waals surface area (Å²) in [7, 11) is 5.04. The first kappa shape index (κ1) is 19.8. The highest BCUT2D eigenvalue weighted by molar-refractivity contribution is 5.89. The lowest BCUT2D eigenvalue weighted by molar-refractivity contribution is 0.200. The number of ether oxygens (including phenoxy) is 3. The smallest absolute Gasteiger partial charge is 0.193 e. The van der Waals surface area contributed by atoms with Crippen LogP contribution in [0, 0.1) is 13.8 Å². The van der Waals surface area contributed by atoms with E-state index in [0.717, 1.165) is 33.7 Å². The number of rotatable bonds is 6. The van der Waals surface area contributed by atoms with E-state index in [1.165, 1.54) is 0 Å². The average Bonchev–Trinajstić information content (AvgIpc) is 2.68. The molecule has 3 rings (SSSR count). The van der Waals surface area contributed by atoms with Crippen molar-refractivity contribution in [3.63, 3.8) is 0 Å². The van der Waals surface area contributed by atoms with Crippen molar-refractivity contribution in [3.05, 3.63) is 51.7 Å². The van der Waals surface area contributed by atoms with Gasteiger partial charge in [0.25, 0.3) is 0 Å². The lowest BCUT2D eigenvalue weighted by Crippen LogP contribution is -2.11. The van der Waals surface area contributed by atoms with E-state index in [0.29, 0.717) is 16.9 Å². The molecule has 1 aromatic heterocycles. The molecule has 0 spiro atoms. The minimum atomic E-state index is -0.112. The SMILES string of the molecule is COc1cc(OC)c2c(=O)cc(-c3cc(C)c(OCCO)c(C)c3)n(C)c2c1. The number of aryl methyl sites for hydroxylation is 3. The summed E-state index contributed by atoms with van der Waals surface area (Å²) < 4.78 is 18.4. The van der Waals surface area contributed by atoms with Crippen molar-refractivity contribution >= 4 is 10.9 Å². The van der Waals surface area contributed by atoms with Gasteiger partial charge in [-0.1, -0.05) is 0 Å². The largest absolute Gasteiger partial charge is 0.497 e. The van der Waals surface area contributed by atoms with E-state index >= 15 is 0 Å². The van der Waals surface area contributed by atoms with Crippen LogP contribution in [0.2, 0.25) is 0 Å². The van der Waals surface area contributed by atoms with Crippen LogP contribution < -0.4 is 19.6 Å². The van der Waals surface area contributed by atoms with E-state index in [1.807, 2.05) is 43.7 Å². The van der Waals surface area contributed by atoms with E-state index in [-0.39, 0.29) is 18.6 Å². The maximum Gasteiger partial charge on any atom is 0.193 e. The summed E-state index contributed by atoms with van der Waals surface area (Å²) in [6.45, 7) is 4.11. The number of methoxy groups -OCH3 is 2. The van der Waals surface area contributed by atoms with E-state index in [4.69, 9.17) is 19.3 Å². The van der Waals surface area contributed by atoms with Gasteiger partial charge in [0.05, 0.1) is 37.4 Å². The first-order valence-electron chi connectivity index (χ1n) is 9.02. The van der Waals surface area contributed by atoms with Crippen LogP contribution >= 0.6 is 0 Å². The Morgan fingerprint density at radius 1 is 1.00 bits per heavy atom. The predicted octanol–water partition coefficient (Wildman–Crippen LogP) is 3.21. The molecule has 0 amide bonds. The normalized spacial score (nSPS) is 10.9. The summed E-state index contributed by atoms with van der Waals surface area (Å²) in [5, 5.41) is 9.53. The predicted molar refractivity (Wildman–Crippen MR) is 110 cm³/mol. The van der Waals surface area contributed by atoms with Crippen LogP contribution in [0.1, 0.15) is 11.1 Å². The Kier molecular flexibility index (Phi) is 5.61. The maximum atomic E-state index is 12.9. The third kappa shape index (κ3) is 3.43. The molecule has 0 fully saturated rings. The number of nitrogens with zero attached hydrogens (tertiary/aromatic N) is 1. The van der Waals surface area contributed by atoms with Crippen LogP contribution in [0.25, 0.3) is 22.2 Å². The molecule has 6 nitrogen and oxygen atoms in total. The number of pyridine rings is 1. The van der Waals surface area contributed by atoms with Crippen molar-refractivity contribution in [2.75, 3.05) is 27.4 Å². The second-order valence-corrected chi connectivity index (χ2v) is 6.69. The Morgan fingerprint density at radius 2 is 1.68 bits per heavy atom. The number of aliphatic hydroxyl groups is 1. The fourth-order valence-electron chi connectivity index (χ4n) is 3.54. The monoisotopic (exact) mass is 383 g/mol. The number of aliphatic hydroxyl groups excluding tert-OH is 1. The van der Waals surface area contributed by atoms with Gasteiger partial charge in [-0.05, 0) is 42.7 Å². The standard InChI is InChI=1S/C22H25NO5/c1-13-8-15(9-14(2)22(13)28-7-6-24)17-12-19(25)21-18(23(17)3)10-16(26-4)11-20(21)27-5/h8-12,24H,6-7H2,1-5H3. The van der Waals surface area contributed by atoms with Gasteiger partial charge >= 0.3 is 0 Å². The van der Waals surface area contributed by atoms with E-state index in [1.54, 1.807) is 26.4 Å². The molecule has 0 aliphatic rings. The van der Waals surface area contributed by atoms with E-state index < -0.39 is 0 Å². The third-order valence-corrected chi connectivity index (χ3v) is 4.84. The van der Waals surface area contributed by atoms with E-state index in [2.05, 4.69) is 0 Å². The summed E-state index contributed by atoms with van der Waals surface area (Å²) in [4.78, 5) is 12.9. The Bertz CT molecular complexity index is 1060. The highest BCUT2D eigenvalue weighted by Gasteiger charge is 2.16. The van der Waals surface area contributed by atoms with Gasteiger partial charge in [-0.3, -0.25) is 4.79 Å². The molecule has 0 atom stereocenters. The van der Waals surface area contributed by atoms with Gasteiger partial charge in [-0.25, -0.2) is 0 Å². The molecule has 0 saturated heterocycles. The molecule has 1 heterocycles. The third-order valence-electron chi connectivity index (χ3n) is 4.84. The van der Waals surface area contributed by atoms with Crippen molar-refractivity contribution in [2.45, 2.75) is 13.8 Å². The van der Waals surface area contributed by atoms with Gasteiger partial charge in [0.1, 0.15) is 23.9 Å². The zero-order valence-electron chi connectivity index (χ0n) is 16.8. The summed E-state index contributed by atoms with van der Waals surface area (Å²) in [6, 6.07) is 9.14. The molecular formula is C22H25NO5. The number of fused-ring (bicyclic) bond motifs is 1. The minimum Gasteiger partial charge on any atom is -0.497 e. The van der Waals surface area contributed by atoms with Crippen molar-refractivity contribution in [1.82, 2.24) is 4.57 Å². The van der Waals surface area contributed by atoms with Gasteiger partial charge in [0, 0.05) is 25.2 Å². The molecule has 1 N–H and O–H groups in total. The molecular weight excluding hydrogens is 358 g/mol. The highest BCUT2D eigenvalue weighted by atomic mass is 16.5. The zero-order chi connectivity index (χ0) is 20.4. The van der Waals surface area contributed by atoms with Crippen molar-refractivity contribution in [2.24, 2.45) is 7.05 Å². The molecule has 28 heavy (non-hydrogen) atoms. The number of hydrogen-bond donors (Lipinski definition) is 1. The lowest BCUT2D eigenvalue weighted by Gasteiger charge is -2.18. The maximum absolute atomic E-state index is 12.9.